The highest BCUT2D eigenvalue weighted by Gasteiger charge is 2.18. The largest absolute Gasteiger partial charge is 0.369 e. The minimum absolute atomic E-state index is 0.142. The number of nitrogens with zero attached hydrogens (tertiary/aromatic N) is 4. The number of piperazine rings is 1. The molecule has 1 aliphatic rings. The van der Waals surface area contributed by atoms with Gasteiger partial charge in [0.25, 0.3) is 11.5 Å². The van der Waals surface area contributed by atoms with Crippen molar-refractivity contribution in [2.75, 3.05) is 44.2 Å². The highest BCUT2D eigenvalue weighted by Crippen LogP contribution is 2.21. The Labute approximate surface area is 200 Å². The third kappa shape index (κ3) is 4.59. The van der Waals surface area contributed by atoms with Gasteiger partial charge in [0.05, 0.1) is 11.1 Å². The molecule has 1 fully saturated rings. The Morgan fingerprint density at radius 1 is 1.12 bits per heavy atom. The van der Waals surface area contributed by atoms with Crippen molar-refractivity contribution in [1.29, 1.82) is 0 Å². The van der Waals surface area contributed by atoms with E-state index in [9.17, 15) is 9.59 Å². The molecule has 1 N–H and O–H groups in total. The number of thiophene rings is 1. The maximum absolute atomic E-state index is 12.8. The second-order valence-electron chi connectivity index (χ2n) is 8.09. The number of hydrogen-bond donors (Lipinski definition) is 1. The van der Waals surface area contributed by atoms with Crippen LogP contribution in [0.15, 0.2) is 58.8 Å². The van der Waals surface area contributed by atoms with E-state index < -0.39 is 0 Å². The van der Waals surface area contributed by atoms with Crippen molar-refractivity contribution in [3.63, 3.8) is 0 Å². The lowest BCUT2D eigenvalue weighted by Crippen LogP contribution is -2.47. The SMILES string of the molecule is O=C(NCCCN1CCN(c2cccc(Cl)c2)CC1)c1cccn2c(=O)c3sccc3nc12. The minimum atomic E-state index is -0.208. The van der Waals surface area contributed by atoms with E-state index in [1.165, 1.54) is 15.7 Å². The van der Waals surface area contributed by atoms with Crippen LogP contribution in [0.3, 0.4) is 0 Å². The van der Waals surface area contributed by atoms with Crippen LogP contribution in [0.2, 0.25) is 5.02 Å². The van der Waals surface area contributed by atoms with Crippen LogP contribution in [0.5, 0.6) is 0 Å². The van der Waals surface area contributed by atoms with E-state index in [2.05, 4.69) is 26.2 Å². The van der Waals surface area contributed by atoms with E-state index in [4.69, 9.17) is 11.6 Å². The van der Waals surface area contributed by atoms with Crippen LogP contribution in [0.25, 0.3) is 15.9 Å². The average molecular weight is 482 g/mol. The first-order chi connectivity index (χ1) is 16.1. The molecule has 33 heavy (non-hydrogen) atoms. The molecule has 1 saturated heterocycles. The summed E-state index contributed by atoms with van der Waals surface area (Å²) < 4.78 is 2.05. The van der Waals surface area contributed by atoms with Gasteiger partial charge in [0.2, 0.25) is 0 Å². The van der Waals surface area contributed by atoms with Crippen LogP contribution < -0.4 is 15.8 Å². The topological polar surface area (TPSA) is 70.0 Å². The molecule has 0 aliphatic carbocycles. The van der Waals surface area contributed by atoms with Gasteiger partial charge in [0, 0.05) is 49.6 Å². The average Bonchev–Trinajstić information content (AvgIpc) is 3.31. The molecule has 0 atom stereocenters. The highest BCUT2D eigenvalue weighted by atomic mass is 35.5. The number of halogens is 1. The Bertz CT molecular complexity index is 1360. The molecule has 0 bridgehead atoms. The van der Waals surface area contributed by atoms with Gasteiger partial charge in [-0.25, -0.2) is 4.98 Å². The predicted molar refractivity (Wildman–Crippen MR) is 134 cm³/mol. The fraction of sp³-hybridized carbons (Fsp3) is 0.292. The summed E-state index contributed by atoms with van der Waals surface area (Å²) in [5.74, 6) is -0.208. The number of rotatable bonds is 6. The van der Waals surface area contributed by atoms with Crippen LogP contribution in [-0.4, -0.2) is 59.5 Å². The molecule has 0 radical (unpaired) electrons. The maximum atomic E-state index is 12.8. The summed E-state index contributed by atoms with van der Waals surface area (Å²) in [6.45, 7) is 5.37. The number of nitrogens with one attached hydrogen (secondary N) is 1. The number of aromatic nitrogens is 2. The van der Waals surface area contributed by atoms with Crippen molar-refractivity contribution in [3.05, 3.63) is 75.0 Å². The van der Waals surface area contributed by atoms with Gasteiger partial charge in [-0.15, -0.1) is 11.3 Å². The Morgan fingerprint density at radius 2 is 1.97 bits per heavy atom. The Balaban J connectivity index is 1.15. The first-order valence-electron chi connectivity index (χ1n) is 11.0. The number of benzene rings is 1. The molecule has 1 amide bonds. The van der Waals surface area contributed by atoms with Gasteiger partial charge >= 0.3 is 0 Å². The zero-order valence-electron chi connectivity index (χ0n) is 18.0. The van der Waals surface area contributed by atoms with Gasteiger partial charge < -0.3 is 10.2 Å². The summed E-state index contributed by atoms with van der Waals surface area (Å²) in [5, 5.41) is 5.59. The second-order valence-corrected chi connectivity index (χ2v) is 9.44. The molecule has 7 nitrogen and oxygen atoms in total. The number of pyridine rings is 1. The number of fused-ring (bicyclic) bond motifs is 2. The number of carbonyl (C=O) groups is 1. The Morgan fingerprint density at radius 3 is 2.79 bits per heavy atom. The lowest BCUT2D eigenvalue weighted by Gasteiger charge is -2.36. The molecule has 4 aromatic rings. The predicted octanol–water partition coefficient (Wildman–Crippen LogP) is 3.50. The summed E-state index contributed by atoms with van der Waals surface area (Å²) in [5.41, 5.74) is 2.46. The van der Waals surface area contributed by atoms with Crippen molar-refractivity contribution in [3.8, 4) is 0 Å². The van der Waals surface area contributed by atoms with Crippen molar-refractivity contribution in [2.45, 2.75) is 6.42 Å². The maximum Gasteiger partial charge on any atom is 0.275 e. The van der Waals surface area contributed by atoms with E-state index in [0.717, 1.165) is 49.9 Å². The van der Waals surface area contributed by atoms with Crippen molar-refractivity contribution >= 4 is 50.4 Å². The molecule has 4 heterocycles. The van der Waals surface area contributed by atoms with E-state index in [1.54, 1.807) is 18.3 Å². The van der Waals surface area contributed by atoms with Gasteiger partial charge in [-0.2, -0.15) is 0 Å². The third-order valence-corrected chi connectivity index (χ3v) is 7.10. The van der Waals surface area contributed by atoms with E-state index in [-0.39, 0.29) is 11.5 Å². The first-order valence-corrected chi connectivity index (χ1v) is 12.3. The van der Waals surface area contributed by atoms with Crippen LogP contribution in [-0.2, 0) is 0 Å². The fourth-order valence-corrected chi connectivity index (χ4v) is 5.18. The van der Waals surface area contributed by atoms with E-state index in [0.29, 0.717) is 28.0 Å². The van der Waals surface area contributed by atoms with Gasteiger partial charge in [-0.3, -0.25) is 18.9 Å². The number of hydrogen-bond acceptors (Lipinski definition) is 6. The lowest BCUT2D eigenvalue weighted by atomic mass is 10.2. The Hall–Kier alpha value is -2.94. The van der Waals surface area contributed by atoms with Gasteiger partial charge in [-0.05, 0) is 54.7 Å². The summed E-state index contributed by atoms with van der Waals surface area (Å²) in [7, 11) is 0. The molecule has 0 saturated carbocycles. The monoisotopic (exact) mass is 481 g/mol. The zero-order valence-corrected chi connectivity index (χ0v) is 19.6. The van der Waals surface area contributed by atoms with E-state index >= 15 is 0 Å². The molecule has 5 rings (SSSR count). The summed E-state index contributed by atoms with van der Waals surface area (Å²) in [6, 6.07) is 13.2. The molecule has 9 heteroatoms. The number of anilines is 1. The zero-order chi connectivity index (χ0) is 22.8. The molecule has 1 aliphatic heterocycles. The first kappa shape index (κ1) is 21.9. The smallest absolute Gasteiger partial charge is 0.275 e. The summed E-state index contributed by atoms with van der Waals surface area (Å²) in [4.78, 5) is 34.8. The summed E-state index contributed by atoms with van der Waals surface area (Å²) in [6.07, 6.45) is 2.51. The molecule has 1 aromatic carbocycles. The summed E-state index contributed by atoms with van der Waals surface area (Å²) >= 11 is 7.48. The molecule has 0 spiro atoms. The van der Waals surface area contributed by atoms with E-state index in [1.807, 2.05) is 29.6 Å². The van der Waals surface area contributed by atoms with Crippen LogP contribution in [0.4, 0.5) is 5.69 Å². The quantitative estimate of drug-likeness (QED) is 0.427. The van der Waals surface area contributed by atoms with Gasteiger partial charge in [0.1, 0.15) is 4.70 Å². The molecule has 170 valence electrons. The second kappa shape index (κ2) is 9.51. The van der Waals surface area contributed by atoms with Crippen molar-refractivity contribution in [1.82, 2.24) is 19.6 Å². The molecular formula is C24H24ClN5O2S. The number of carbonyl (C=O) groups excluding carboxylic acids is 1. The standard InChI is InChI=1S/C24H24ClN5O2S/c25-17-4-1-5-18(16-17)29-13-11-28(12-14-29)9-3-8-26-23(31)19-6-2-10-30-22(19)27-20-7-15-33-21(20)24(30)32/h1-2,4-7,10,15-16H,3,8-9,11-14H2,(H,26,31). The molecule has 0 unspecified atom stereocenters. The minimum Gasteiger partial charge on any atom is -0.369 e. The van der Waals surface area contributed by atoms with Crippen LogP contribution in [0.1, 0.15) is 16.8 Å². The van der Waals surface area contributed by atoms with Gasteiger partial charge in [0.15, 0.2) is 5.65 Å². The third-order valence-electron chi connectivity index (χ3n) is 5.98. The number of amides is 1. The van der Waals surface area contributed by atoms with Crippen LogP contribution >= 0.6 is 22.9 Å². The Kier molecular flexibility index (Phi) is 6.30. The normalized spacial score (nSPS) is 14.8. The molecular weight excluding hydrogens is 458 g/mol. The lowest BCUT2D eigenvalue weighted by molar-refractivity contribution is 0.0952. The molecule has 3 aromatic heterocycles. The highest BCUT2D eigenvalue weighted by molar-refractivity contribution is 7.17. The van der Waals surface area contributed by atoms with Gasteiger partial charge in [-0.1, -0.05) is 17.7 Å². The van der Waals surface area contributed by atoms with Crippen molar-refractivity contribution < 1.29 is 4.79 Å². The van der Waals surface area contributed by atoms with Crippen LogP contribution in [0, 0.1) is 0 Å². The fourth-order valence-electron chi connectivity index (χ4n) is 4.23. The van der Waals surface area contributed by atoms with Crippen molar-refractivity contribution in [2.24, 2.45) is 0 Å².